The molecule has 0 fully saturated rings. The van der Waals surface area contributed by atoms with Crippen molar-refractivity contribution < 1.29 is 28.6 Å². The van der Waals surface area contributed by atoms with Crippen molar-refractivity contribution in [3.63, 3.8) is 0 Å². The fourth-order valence-electron chi connectivity index (χ4n) is 8.57. The number of esters is 3. The summed E-state index contributed by atoms with van der Waals surface area (Å²) >= 11 is 0. The Morgan fingerprint density at radius 1 is 0.288 bits per heavy atom. The van der Waals surface area contributed by atoms with Gasteiger partial charge in [-0.3, -0.25) is 14.4 Å². The molecule has 6 nitrogen and oxygen atoms in total. The van der Waals surface area contributed by atoms with Gasteiger partial charge in [-0.15, -0.1) is 0 Å². The van der Waals surface area contributed by atoms with Crippen LogP contribution in [0.4, 0.5) is 0 Å². The SMILES string of the molecule is CC/C=C\C/C=C\C/C=C\C/C=C\CCCCC(=O)OC(COC(=O)CC/C=C\C/C=C\C/C=C\C/C=C\CC)COC(=O)CCCCCCCCCCCCCCCCCCCCCCCCCCCCC. The minimum absolute atomic E-state index is 0.115. The highest BCUT2D eigenvalue weighted by molar-refractivity contribution is 5.71. The molecule has 0 saturated heterocycles. The summed E-state index contributed by atoms with van der Waals surface area (Å²) < 4.78 is 16.8. The van der Waals surface area contributed by atoms with Crippen LogP contribution in [-0.4, -0.2) is 37.2 Å². The zero-order valence-electron chi connectivity index (χ0n) is 47.9. The van der Waals surface area contributed by atoms with Gasteiger partial charge in [0.2, 0.25) is 0 Å². The Morgan fingerprint density at radius 2 is 0.562 bits per heavy atom. The molecule has 73 heavy (non-hydrogen) atoms. The molecule has 0 aromatic heterocycles. The predicted molar refractivity (Wildman–Crippen MR) is 316 cm³/mol. The topological polar surface area (TPSA) is 78.9 Å². The molecule has 1 atom stereocenters. The van der Waals surface area contributed by atoms with E-state index in [0.717, 1.165) is 83.5 Å². The molecule has 1 unspecified atom stereocenters. The van der Waals surface area contributed by atoms with Crippen LogP contribution in [0.2, 0.25) is 0 Å². The minimum Gasteiger partial charge on any atom is -0.462 e. The monoisotopic (exact) mass is 1010 g/mol. The summed E-state index contributed by atoms with van der Waals surface area (Å²) in [6, 6.07) is 0. The Bertz CT molecular complexity index is 1440. The van der Waals surface area contributed by atoms with Gasteiger partial charge in [0.25, 0.3) is 0 Å². The maximum atomic E-state index is 12.8. The van der Waals surface area contributed by atoms with E-state index < -0.39 is 6.10 Å². The molecule has 0 bridgehead atoms. The van der Waals surface area contributed by atoms with Gasteiger partial charge in [0, 0.05) is 19.3 Å². The van der Waals surface area contributed by atoms with Gasteiger partial charge in [-0.25, -0.2) is 0 Å². The lowest BCUT2D eigenvalue weighted by atomic mass is 10.0. The van der Waals surface area contributed by atoms with Crippen molar-refractivity contribution in [2.75, 3.05) is 13.2 Å². The first kappa shape index (κ1) is 69.3. The number of allylic oxidation sites excluding steroid dienone is 16. The zero-order valence-corrected chi connectivity index (χ0v) is 47.9. The smallest absolute Gasteiger partial charge is 0.306 e. The third-order valence-electron chi connectivity index (χ3n) is 13.1. The van der Waals surface area contributed by atoms with E-state index in [1.54, 1.807) is 0 Å². The Labute approximate surface area is 451 Å². The Balaban J connectivity index is 4.29. The molecule has 6 heteroatoms. The summed E-state index contributed by atoms with van der Waals surface area (Å²) in [5, 5.41) is 0. The fraction of sp³-hybridized carbons (Fsp3) is 0.716. The highest BCUT2D eigenvalue weighted by Gasteiger charge is 2.19. The molecule has 0 aromatic rings. The summed E-state index contributed by atoms with van der Waals surface area (Å²) in [5.74, 6) is -1.04. The van der Waals surface area contributed by atoms with E-state index in [2.05, 4.69) is 106 Å². The van der Waals surface area contributed by atoms with Crippen molar-refractivity contribution in [1.82, 2.24) is 0 Å². The first-order valence-corrected chi connectivity index (χ1v) is 30.7. The van der Waals surface area contributed by atoms with Crippen LogP contribution in [-0.2, 0) is 28.6 Å². The molecule has 0 radical (unpaired) electrons. The van der Waals surface area contributed by atoms with Crippen LogP contribution in [0.15, 0.2) is 97.2 Å². The lowest BCUT2D eigenvalue weighted by molar-refractivity contribution is -0.166. The molecule has 0 heterocycles. The number of unbranched alkanes of at least 4 members (excludes halogenated alkanes) is 28. The first-order chi connectivity index (χ1) is 36.0. The van der Waals surface area contributed by atoms with Gasteiger partial charge in [-0.05, 0) is 83.5 Å². The van der Waals surface area contributed by atoms with Crippen LogP contribution >= 0.6 is 0 Å². The highest BCUT2D eigenvalue weighted by atomic mass is 16.6. The van der Waals surface area contributed by atoms with Gasteiger partial charge < -0.3 is 14.2 Å². The maximum absolute atomic E-state index is 12.8. The first-order valence-electron chi connectivity index (χ1n) is 30.7. The molecular weight excluding hydrogens is 901 g/mol. The van der Waals surface area contributed by atoms with Crippen molar-refractivity contribution in [2.45, 2.75) is 297 Å². The van der Waals surface area contributed by atoms with Crippen LogP contribution in [0, 0.1) is 0 Å². The number of carbonyl (C=O) groups excluding carboxylic acids is 3. The number of ether oxygens (including phenoxy) is 3. The van der Waals surface area contributed by atoms with Gasteiger partial charge in [0.15, 0.2) is 6.10 Å². The molecule has 0 saturated carbocycles. The van der Waals surface area contributed by atoms with E-state index >= 15 is 0 Å². The highest BCUT2D eigenvalue weighted by Crippen LogP contribution is 2.17. The van der Waals surface area contributed by atoms with E-state index in [9.17, 15) is 14.4 Å². The lowest BCUT2D eigenvalue weighted by Gasteiger charge is -2.18. The molecule has 0 rings (SSSR count). The molecule has 0 aliphatic carbocycles. The largest absolute Gasteiger partial charge is 0.462 e. The Morgan fingerprint density at radius 3 is 0.918 bits per heavy atom. The standard InChI is InChI=1S/C67H114O6/c1-4-7-10-13-16-19-22-25-27-28-29-30-31-32-33-34-35-36-37-38-40-42-45-48-51-54-57-60-66(69)72-63-64(62-71-65(68)59-56-53-50-47-44-41-24-21-18-15-12-9-6-3)73-67(70)61-58-55-52-49-46-43-39-26-23-20-17-14-11-8-5-2/h8-9,11-12,17-18,20-21,26,39,41,44,46,49-50,53,64H,4-7,10,13-16,19,22-25,27-38,40,42-43,45,47-48,51-52,54-63H2,1-3H3/b11-8-,12-9-,20-17-,21-18-,39-26-,44-41-,49-46-,53-50-. The molecule has 418 valence electrons. The average Bonchev–Trinajstić information content (AvgIpc) is 3.39. The van der Waals surface area contributed by atoms with Crippen molar-refractivity contribution in [1.29, 1.82) is 0 Å². The summed E-state index contributed by atoms with van der Waals surface area (Å²) in [5.41, 5.74) is 0. The van der Waals surface area contributed by atoms with E-state index in [0.29, 0.717) is 19.3 Å². The zero-order chi connectivity index (χ0) is 52.9. The van der Waals surface area contributed by atoms with E-state index in [1.807, 2.05) is 12.2 Å². The van der Waals surface area contributed by atoms with Crippen LogP contribution in [0.3, 0.4) is 0 Å². The number of hydrogen-bond donors (Lipinski definition) is 0. The molecule has 0 spiro atoms. The molecule has 0 aliphatic rings. The van der Waals surface area contributed by atoms with Gasteiger partial charge >= 0.3 is 17.9 Å². The Hall–Kier alpha value is -3.67. The summed E-state index contributed by atoms with van der Waals surface area (Å²) in [7, 11) is 0. The molecule has 0 N–H and O–H groups in total. The van der Waals surface area contributed by atoms with Crippen LogP contribution in [0.25, 0.3) is 0 Å². The Kier molecular flexibility index (Phi) is 57.8. The number of carbonyl (C=O) groups is 3. The van der Waals surface area contributed by atoms with E-state index in [4.69, 9.17) is 14.2 Å². The third-order valence-corrected chi connectivity index (χ3v) is 13.1. The number of rotatable bonds is 55. The van der Waals surface area contributed by atoms with Gasteiger partial charge in [-0.1, -0.05) is 285 Å². The second kappa shape index (κ2) is 60.9. The van der Waals surface area contributed by atoms with Crippen molar-refractivity contribution in [3.8, 4) is 0 Å². The van der Waals surface area contributed by atoms with Gasteiger partial charge in [0.1, 0.15) is 13.2 Å². The average molecular weight is 1020 g/mol. The summed E-state index contributed by atoms with van der Waals surface area (Å²) in [6.45, 7) is 6.33. The number of hydrogen-bond acceptors (Lipinski definition) is 6. The van der Waals surface area contributed by atoms with E-state index in [-0.39, 0.29) is 44.0 Å². The van der Waals surface area contributed by atoms with Crippen molar-refractivity contribution in [3.05, 3.63) is 97.2 Å². The quantitative estimate of drug-likeness (QED) is 0.0261. The lowest BCUT2D eigenvalue weighted by Crippen LogP contribution is -2.30. The summed E-state index contributed by atoms with van der Waals surface area (Å²) in [4.78, 5) is 38.1. The second-order valence-electron chi connectivity index (χ2n) is 20.2. The van der Waals surface area contributed by atoms with Crippen LogP contribution in [0.5, 0.6) is 0 Å². The van der Waals surface area contributed by atoms with Crippen molar-refractivity contribution in [2.24, 2.45) is 0 Å². The van der Waals surface area contributed by atoms with Crippen molar-refractivity contribution >= 4 is 17.9 Å². The molecule has 0 aliphatic heterocycles. The second-order valence-corrected chi connectivity index (χ2v) is 20.2. The summed E-state index contributed by atoms with van der Waals surface area (Å²) in [6.07, 6.45) is 81.7. The molecule has 0 amide bonds. The fourth-order valence-corrected chi connectivity index (χ4v) is 8.57. The van der Waals surface area contributed by atoms with Crippen LogP contribution in [0.1, 0.15) is 290 Å². The normalized spacial score (nSPS) is 12.8. The minimum atomic E-state index is -0.828. The third kappa shape index (κ3) is 59.1. The molecular formula is C67H114O6. The van der Waals surface area contributed by atoms with Crippen LogP contribution < -0.4 is 0 Å². The van der Waals surface area contributed by atoms with E-state index in [1.165, 1.54) is 154 Å². The van der Waals surface area contributed by atoms with Gasteiger partial charge in [-0.2, -0.15) is 0 Å². The van der Waals surface area contributed by atoms with Gasteiger partial charge in [0.05, 0.1) is 0 Å². The predicted octanol–water partition coefficient (Wildman–Crippen LogP) is 20.9. The molecule has 0 aromatic carbocycles. The maximum Gasteiger partial charge on any atom is 0.306 e.